The molecule has 0 radical (unpaired) electrons. The highest BCUT2D eigenvalue weighted by Crippen LogP contribution is 2.29. The van der Waals surface area contributed by atoms with E-state index in [0.29, 0.717) is 22.3 Å². The number of nitrogens with one attached hydrogen (secondary N) is 3. The summed E-state index contributed by atoms with van der Waals surface area (Å²) >= 11 is 1.36. The number of hydrogen-bond donors (Lipinski definition) is 3. The van der Waals surface area contributed by atoms with Crippen LogP contribution in [0.4, 0.5) is 10.8 Å². The lowest BCUT2D eigenvalue weighted by Crippen LogP contribution is -2.13. The number of halogens is 1. The number of hydrogen-bond acceptors (Lipinski definition) is 6. The molecule has 3 N–H and O–H groups in total. The van der Waals surface area contributed by atoms with Gasteiger partial charge in [0.25, 0.3) is 5.91 Å². The molecule has 7 nitrogen and oxygen atoms in total. The smallest absolute Gasteiger partial charge is 0.276 e. The average molecular weight is 470 g/mol. The number of ether oxygens (including phenoxy) is 1. The number of aromatic nitrogens is 3. The zero-order chi connectivity index (χ0) is 21.6. The molecule has 166 valence electrons. The molecule has 0 fully saturated rings. The first-order valence-corrected chi connectivity index (χ1v) is 10.9. The number of anilines is 2. The van der Waals surface area contributed by atoms with Crippen LogP contribution in [0.1, 0.15) is 23.8 Å². The van der Waals surface area contributed by atoms with E-state index < -0.39 is 0 Å². The second-order valence-electron chi connectivity index (χ2n) is 6.83. The number of nitrogens with zero attached hydrogens (tertiary/aromatic N) is 2. The highest BCUT2D eigenvalue weighted by atomic mass is 35.5. The monoisotopic (exact) mass is 469 g/mol. The van der Waals surface area contributed by atoms with Crippen molar-refractivity contribution in [1.82, 2.24) is 15.0 Å². The third kappa shape index (κ3) is 5.27. The standard InChI is InChI=1S/C23H23N5O2S.ClH/c1-3-12-24-17-8-4-16(5-9-17)21-26-19(15-6-10-18(30-2)11-7-15)20(27-21)22(29)28-23-25-13-14-31-23;/h4-11,13-14,24H,3,12H2,1-2H3,(H,26,27)(H,25,28,29);1H. The van der Waals surface area contributed by atoms with Crippen molar-refractivity contribution in [3.05, 3.63) is 65.8 Å². The minimum absolute atomic E-state index is 0. The first-order chi connectivity index (χ1) is 15.2. The van der Waals surface area contributed by atoms with Gasteiger partial charge in [0.15, 0.2) is 5.13 Å². The molecular weight excluding hydrogens is 446 g/mol. The van der Waals surface area contributed by atoms with Gasteiger partial charge >= 0.3 is 0 Å². The third-order valence-electron chi connectivity index (χ3n) is 4.68. The molecule has 0 aliphatic heterocycles. The number of benzene rings is 2. The number of rotatable bonds is 8. The van der Waals surface area contributed by atoms with Crippen LogP contribution in [-0.4, -0.2) is 34.5 Å². The van der Waals surface area contributed by atoms with Crippen LogP contribution in [0, 0.1) is 0 Å². The average Bonchev–Trinajstić information content (AvgIpc) is 3.48. The number of aromatic amines is 1. The Morgan fingerprint density at radius 1 is 1.09 bits per heavy atom. The van der Waals surface area contributed by atoms with Gasteiger partial charge in [-0.2, -0.15) is 0 Å². The Morgan fingerprint density at radius 2 is 1.81 bits per heavy atom. The van der Waals surface area contributed by atoms with Crippen LogP contribution in [0.25, 0.3) is 22.6 Å². The van der Waals surface area contributed by atoms with Crippen LogP contribution in [-0.2, 0) is 0 Å². The normalized spacial score (nSPS) is 10.3. The predicted molar refractivity (Wildman–Crippen MR) is 132 cm³/mol. The Bertz CT molecular complexity index is 1140. The molecule has 0 saturated carbocycles. The molecule has 0 bridgehead atoms. The maximum atomic E-state index is 13.0. The molecule has 4 rings (SSSR count). The van der Waals surface area contributed by atoms with Crippen LogP contribution < -0.4 is 15.4 Å². The minimum atomic E-state index is -0.291. The van der Waals surface area contributed by atoms with Gasteiger partial charge in [-0.05, 0) is 55.0 Å². The van der Waals surface area contributed by atoms with Crippen molar-refractivity contribution in [2.24, 2.45) is 0 Å². The molecule has 2 aromatic heterocycles. The highest BCUT2D eigenvalue weighted by Gasteiger charge is 2.20. The fraction of sp³-hybridized carbons (Fsp3) is 0.174. The van der Waals surface area contributed by atoms with Crippen molar-refractivity contribution in [3.63, 3.8) is 0 Å². The molecule has 4 aromatic rings. The molecule has 0 atom stereocenters. The van der Waals surface area contributed by atoms with Crippen molar-refractivity contribution in [2.45, 2.75) is 13.3 Å². The summed E-state index contributed by atoms with van der Waals surface area (Å²) in [5.41, 5.74) is 3.71. The fourth-order valence-corrected chi connectivity index (χ4v) is 3.62. The van der Waals surface area contributed by atoms with E-state index in [1.807, 2.05) is 53.9 Å². The van der Waals surface area contributed by atoms with E-state index in [1.165, 1.54) is 11.3 Å². The van der Waals surface area contributed by atoms with E-state index in [2.05, 4.69) is 27.5 Å². The molecule has 0 spiro atoms. The molecule has 2 heterocycles. The Balaban J connectivity index is 0.00000289. The number of methoxy groups -OCH3 is 1. The van der Waals surface area contributed by atoms with Crippen LogP contribution in [0.5, 0.6) is 5.75 Å². The summed E-state index contributed by atoms with van der Waals surface area (Å²) in [6, 6.07) is 15.5. The van der Waals surface area contributed by atoms with Crippen molar-refractivity contribution < 1.29 is 9.53 Å². The molecular formula is C23H24ClN5O2S. The molecule has 9 heteroatoms. The summed E-state index contributed by atoms with van der Waals surface area (Å²) in [5, 5.41) is 8.53. The maximum absolute atomic E-state index is 13.0. The van der Waals surface area contributed by atoms with Gasteiger partial charge < -0.3 is 15.0 Å². The van der Waals surface area contributed by atoms with E-state index in [4.69, 9.17) is 9.72 Å². The summed E-state index contributed by atoms with van der Waals surface area (Å²) in [7, 11) is 1.62. The summed E-state index contributed by atoms with van der Waals surface area (Å²) in [6.45, 7) is 3.05. The third-order valence-corrected chi connectivity index (χ3v) is 5.37. The van der Waals surface area contributed by atoms with Gasteiger partial charge in [0.2, 0.25) is 0 Å². The Kier molecular flexibility index (Phi) is 7.86. The van der Waals surface area contributed by atoms with Gasteiger partial charge in [0.1, 0.15) is 23.0 Å². The highest BCUT2D eigenvalue weighted by molar-refractivity contribution is 7.13. The van der Waals surface area contributed by atoms with Gasteiger partial charge in [-0.1, -0.05) is 6.92 Å². The summed E-state index contributed by atoms with van der Waals surface area (Å²) in [6.07, 6.45) is 2.71. The van der Waals surface area contributed by atoms with Crippen molar-refractivity contribution in [3.8, 4) is 28.4 Å². The van der Waals surface area contributed by atoms with Gasteiger partial charge in [0, 0.05) is 34.9 Å². The van der Waals surface area contributed by atoms with Gasteiger partial charge in [0.05, 0.1) is 7.11 Å². The molecule has 0 unspecified atom stereocenters. The number of H-pyrrole nitrogens is 1. The minimum Gasteiger partial charge on any atom is -0.497 e. The van der Waals surface area contributed by atoms with Crippen LogP contribution in [0.2, 0.25) is 0 Å². The number of amides is 1. The zero-order valence-corrected chi connectivity index (χ0v) is 19.3. The zero-order valence-electron chi connectivity index (χ0n) is 17.7. The molecule has 2 aromatic carbocycles. The van der Waals surface area contributed by atoms with Gasteiger partial charge in [-0.15, -0.1) is 23.7 Å². The largest absolute Gasteiger partial charge is 0.497 e. The molecule has 32 heavy (non-hydrogen) atoms. The topological polar surface area (TPSA) is 91.9 Å². The number of thiazole rings is 1. The van der Waals surface area contributed by atoms with Crippen molar-refractivity contribution in [1.29, 1.82) is 0 Å². The Morgan fingerprint density at radius 3 is 2.44 bits per heavy atom. The lowest BCUT2D eigenvalue weighted by Gasteiger charge is -2.05. The second kappa shape index (κ2) is 10.8. The number of imidazole rings is 1. The predicted octanol–water partition coefficient (Wildman–Crippen LogP) is 5.70. The summed E-state index contributed by atoms with van der Waals surface area (Å²) in [4.78, 5) is 25.1. The van der Waals surface area contributed by atoms with E-state index in [0.717, 1.165) is 35.5 Å². The number of carbonyl (C=O) groups is 1. The maximum Gasteiger partial charge on any atom is 0.276 e. The van der Waals surface area contributed by atoms with Crippen molar-refractivity contribution in [2.75, 3.05) is 24.3 Å². The number of carbonyl (C=O) groups excluding carboxylic acids is 1. The van der Waals surface area contributed by atoms with Gasteiger partial charge in [-0.25, -0.2) is 9.97 Å². The van der Waals surface area contributed by atoms with Crippen LogP contribution in [0.15, 0.2) is 60.1 Å². The Labute approximate surface area is 196 Å². The molecule has 0 aliphatic carbocycles. The summed E-state index contributed by atoms with van der Waals surface area (Å²) in [5.74, 6) is 1.07. The molecule has 1 amide bonds. The summed E-state index contributed by atoms with van der Waals surface area (Å²) < 4.78 is 5.25. The SMILES string of the molecule is CCCNc1ccc(-c2nc(-c3ccc(OC)cc3)c(C(=O)Nc3nccs3)[nH]2)cc1.Cl. The Hall–Kier alpha value is -3.36. The van der Waals surface area contributed by atoms with E-state index in [9.17, 15) is 4.79 Å². The fourth-order valence-electron chi connectivity index (χ4n) is 3.09. The molecule has 0 saturated heterocycles. The van der Waals surface area contributed by atoms with Crippen LogP contribution in [0.3, 0.4) is 0 Å². The first-order valence-electron chi connectivity index (χ1n) is 9.97. The first kappa shape index (κ1) is 23.3. The van der Waals surface area contributed by atoms with E-state index in [1.54, 1.807) is 13.3 Å². The molecule has 0 aliphatic rings. The van der Waals surface area contributed by atoms with Crippen molar-refractivity contribution >= 4 is 40.5 Å². The van der Waals surface area contributed by atoms with E-state index >= 15 is 0 Å². The second-order valence-corrected chi connectivity index (χ2v) is 7.73. The van der Waals surface area contributed by atoms with Gasteiger partial charge in [-0.3, -0.25) is 10.1 Å². The lowest BCUT2D eigenvalue weighted by molar-refractivity contribution is 0.102. The quantitative estimate of drug-likeness (QED) is 0.307. The van der Waals surface area contributed by atoms with Crippen LogP contribution >= 0.6 is 23.7 Å². The van der Waals surface area contributed by atoms with E-state index in [-0.39, 0.29) is 18.3 Å². The lowest BCUT2D eigenvalue weighted by atomic mass is 10.1.